The van der Waals surface area contributed by atoms with Crippen LogP contribution in [-0.4, -0.2) is 30.1 Å². The summed E-state index contributed by atoms with van der Waals surface area (Å²) in [5.41, 5.74) is 4.49. The van der Waals surface area contributed by atoms with E-state index in [1.807, 2.05) is 6.07 Å². The second-order valence-corrected chi connectivity index (χ2v) is 6.11. The van der Waals surface area contributed by atoms with Crippen LogP contribution in [0.5, 0.6) is 0 Å². The SMILES string of the molecule is O=C(NN=Cc1cc([N+](=O)[O-])ccc1N1CCCCC1)c1ccccc1. The average molecular weight is 352 g/mol. The zero-order chi connectivity index (χ0) is 18.4. The number of anilines is 1. The second-order valence-electron chi connectivity index (χ2n) is 6.11. The number of carbonyl (C=O) groups is 1. The lowest BCUT2D eigenvalue weighted by Crippen LogP contribution is -2.30. The number of nitro groups is 1. The highest BCUT2D eigenvalue weighted by atomic mass is 16.6. The Bertz CT molecular complexity index is 815. The number of nitrogens with zero attached hydrogens (tertiary/aromatic N) is 3. The van der Waals surface area contributed by atoms with Crippen molar-refractivity contribution in [1.29, 1.82) is 0 Å². The third kappa shape index (κ3) is 4.24. The Morgan fingerprint density at radius 3 is 2.54 bits per heavy atom. The van der Waals surface area contributed by atoms with Crippen molar-refractivity contribution in [2.24, 2.45) is 5.10 Å². The number of non-ortho nitro benzene ring substituents is 1. The molecule has 7 heteroatoms. The minimum absolute atomic E-state index is 0.00148. The maximum absolute atomic E-state index is 12.1. The van der Waals surface area contributed by atoms with Crippen molar-refractivity contribution in [3.05, 3.63) is 69.8 Å². The highest BCUT2D eigenvalue weighted by molar-refractivity contribution is 5.95. The Balaban J connectivity index is 1.80. The van der Waals surface area contributed by atoms with Crippen LogP contribution in [0.15, 0.2) is 53.6 Å². The van der Waals surface area contributed by atoms with Crippen LogP contribution in [0.2, 0.25) is 0 Å². The summed E-state index contributed by atoms with van der Waals surface area (Å²) in [6.45, 7) is 1.82. The van der Waals surface area contributed by atoms with E-state index < -0.39 is 4.92 Å². The van der Waals surface area contributed by atoms with Gasteiger partial charge < -0.3 is 4.90 Å². The number of carbonyl (C=O) groups excluding carboxylic acids is 1. The largest absolute Gasteiger partial charge is 0.371 e. The number of amides is 1. The fourth-order valence-electron chi connectivity index (χ4n) is 3.00. The Morgan fingerprint density at radius 1 is 1.12 bits per heavy atom. The number of hydrazone groups is 1. The number of hydrogen-bond donors (Lipinski definition) is 1. The van der Waals surface area contributed by atoms with Gasteiger partial charge in [0.25, 0.3) is 11.6 Å². The summed E-state index contributed by atoms with van der Waals surface area (Å²) in [6, 6.07) is 13.5. The van der Waals surface area contributed by atoms with Crippen LogP contribution in [-0.2, 0) is 0 Å². The van der Waals surface area contributed by atoms with Gasteiger partial charge in [-0.15, -0.1) is 0 Å². The minimum Gasteiger partial charge on any atom is -0.371 e. The zero-order valence-corrected chi connectivity index (χ0v) is 14.3. The van der Waals surface area contributed by atoms with Crippen LogP contribution in [0.25, 0.3) is 0 Å². The summed E-state index contributed by atoms with van der Waals surface area (Å²) < 4.78 is 0. The van der Waals surface area contributed by atoms with E-state index in [1.54, 1.807) is 30.3 Å². The molecule has 0 unspecified atom stereocenters. The molecule has 2 aromatic carbocycles. The minimum atomic E-state index is -0.431. The maximum Gasteiger partial charge on any atom is 0.271 e. The quantitative estimate of drug-likeness (QED) is 0.508. The van der Waals surface area contributed by atoms with Gasteiger partial charge in [-0.3, -0.25) is 14.9 Å². The van der Waals surface area contributed by atoms with E-state index in [2.05, 4.69) is 15.4 Å². The van der Waals surface area contributed by atoms with Crippen molar-refractivity contribution in [2.75, 3.05) is 18.0 Å². The van der Waals surface area contributed by atoms with E-state index in [0.29, 0.717) is 11.1 Å². The molecule has 1 aliphatic heterocycles. The number of rotatable bonds is 5. The molecule has 134 valence electrons. The molecule has 0 spiro atoms. The van der Waals surface area contributed by atoms with Crippen LogP contribution < -0.4 is 10.3 Å². The van der Waals surface area contributed by atoms with E-state index in [-0.39, 0.29) is 11.6 Å². The molecule has 0 atom stereocenters. The molecule has 1 heterocycles. The maximum atomic E-state index is 12.1. The Kier molecular flexibility index (Phi) is 5.58. The van der Waals surface area contributed by atoms with Gasteiger partial charge in [-0.1, -0.05) is 18.2 Å². The van der Waals surface area contributed by atoms with Crippen molar-refractivity contribution < 1.29 is 9.72 Å². The molecule has 1 N–H and O–H groups in total. The Labute approximate surface area is 151 Å². The lowest BCUT2D eigenvalue weighted by Gasteiger charge is -2.29. The first-order chi connectivity index (χ1) is 12.6. The standard InChI is InChI=1S/C19H20N4O3/c24-19(15-7-3-1-4-8-15)21-20-14-16-13-17(23(25)26)9-10-18(16)22-11-5-2-6-12-22/h1,3-4,7-10,13-14H,2,5-6,11-12H2,(H,21,24). The molecule has 0 aliphatic carbocycles. The van der Waals surface area contributed by atoms with E-state index in [1.165, 1.54) is 24.8 Å². The average Bonchev–Trinajstić information content (AvgIpc) is 2.69. The molecule has 0 aromatic heterocycles. The number of piperidine rings is 1. The normalized spacial score (nSPS) is 14.4. The highest BCUT2D eigenvalue weighted by Gasteiger charge is 2.17. The summed E-state index contributed by atoms with van der Waals surface area (Å²) in [5, 5.41) is 15.1. The van der Waals surface area contributed by atoms with Gasteiger partial charge in [0.1, 0.15) is 0 Å². The van der Waals surface area contributed by atoms with E-state index in [4.69, 9.17) is 0 Å². The van der Waals surface area contributed by atoms with Crippen molar-refractivity contribution in [1.82, 2.24) is 5.43 Å². The third-order valence-electron chi connectivity index (χ3n) is 4.32. The van der Waals surface area contributed by atoms with Crippen LogP contribution >= 0.6 is 0 Å². The molecule has 1 amide bonds. The number of benzene rings is 2. The topological polar surface area (TPSA) is 87.8 Å². The fraction of sp³-hybridized carbons (Fsp3) is 0.263. The Hall–Kier alpha value is -3.22. The summed E-state index contributed by atoms with van der Waals surface area (Å²) in [7, 11) is 0. The molecule has 3 rings (SSSR count). The van der Waals surface area contributed by atoms with Gasteiger partial charge >= 0.3 is 0 Å². The summed E-state index contributed by atoms with van der Waals surface area (Å²) >= 11 is 0. The molecular weight excluding hydrogens is 332 g/mol. The molecule has 26 heavy (non-hydrogen) atoms. The van der Waals surface area contributed by atoms with E-state index >= 15 is 0 Å². The highest BCUT2D eigenvalue weighted by Crippen LogP contribution is 2.26. The van der Waals surface area contributed by atoms with Crippen molar-refractivity contribution in [3.63, 3.8) is 0 Å². The van der Waals surface area contributed by atoms with Gasteiger partial charge in [0.05, 0.1) is 11.1 Å². The van der Waals surface area contributed by atoms with Crippen LogP contribution in [0.3, 0.4) is 0 Å². The van der Waals surface area contributed by atoms with Gasteiger partial charge in [-0.25, -0.2) is 5.43 Å². The van der Waals surface area contributed by atoms with Crippen molar-refractivity contribution in [2.45, 2.75) is 19.3 Å². The third-order valence-corrected chi connectivity index (χ3v) is 4.32. The lowest BCUT2D eigenvalue weighted by molar-refractivity contribution is -0.384. The second kappa shape index (κ2) is 8.24. The molecule has 7 nitrogen and oxygen atoms in total. The molecule has 1 saturated heterocycles. The van der Waals surface area contributed by atoms with Crippen LogP contribution in [0.1, 0.15) is 35.2 Å². The predicted octanol–water partition coefficient (Wildman–Crippen LogP) is 3.35. The van der Waals surface area contributed by atoms with Gasteiger partial charge in [-0.05, 0) is 37.5 Å². The zero-order valence-electron chi connectivity index (χ0n) is 14.3. The summed E-state index contributed by atoms with van der Waals surface area (Å²) in [6.07, 6.45) is 4.86. The van der Waals surface area contributed by atoms with Gasteiger partial charge in [0, 0.05) is 42.0 Å². The lowest BCUT2D eigenvalue weighted by atomic mass is 10.1. The number of hydrogen-bond acceptors (Lipinski definition) is 5. The number of nitro benzene ring substituents is 1. The first-order valence-corrected chi connectivity index (χ1v) is 8.57. The molecule has 2 aromatic rings. The fourth-order valence-corrected chi connectivity index (χ4v) is 3.00. The molecule has 1 aliphatic rings. The first kappa shape index (κ1) is 17.6. The van der Waals surface area contributed by atoms with E-state index in [9.17, 15) is 14.9 Å². The molecular formula is C19H20N4O3. The summed E-state index contributed by atoms with van der Waals surface area (Å²) in [5.74, 6) is -0.327. The summed E-state index contributed by atoms with van der Waals surface area (Å²) in [4.78, 5) is 24.9. The van der Waals surface area contributed by atoms with Crippen LogP contribution in [0.4, 0.5) is 11.4 Å². The molecule has 1 fully saturated rings. The van der Waals surface area contributed by atoms with Crippen LogP contribution in [0, 0.1) is 10.1 Å². The van der Waals surface area contributed by atoms with Crippen molar-refractivity contribution >= 4 is 23.5 Å². The molecule has 0 radical (unpaired) electrons. The Morgan fingerprint density at radius 2 is 1.85 bits per heavy atom. The predicted molar refractivity (Wildman–Crippen MR) is 101 cm³/mol. The number of nitrogens with one attached hydrogen (secondary N) is 1. The van der Waals surface area contributed by atoms with Gasteiger partial charge in [0.15, 0.2) is 0 Å². The van der Waals surface area contributed by atoms with Gasteiger partial charge in [0.2, 0.25) is 0 Å². The smallest absolute Gasteiger partial charge is 0.271 e. The monoisotopic (exact) mass is 352 g/mol. The molecule has 0 saturated carbocycles. The van der Waals surface area contributed by atoms with E-state index in [0.717, 1.165) is 31.6 Å². The van der Waals surface area contributed by atoms with Gasteiger partial charge in [-0.2, -0.15) is 5.10 Å². The van der Waals surface area contributed by atoms with Crippen molar-refractivity contribution in [3.8, 4) is 0 Å². The first-order valence-electron chi connectivity index (χ1n) is 8.57. The molecule has 0 bridgehead atoms.